The second kappa shape index (κ2) is 8.49. The van der Waals surface area contributed by atoms with Gasteiger partial charge in [-0.05, 0) is 25.8 Å². The van der Waals surface area contributed by atoms with Crippen molar-refractivity contribution in [3.05, 3.63) is 0 Å². The number of carbonyl (C=O) groups excluding carboxylic acids is 1. The number of hydrogen-bond acceptors (Lipinski definition) is 6. The quantitative estimate of drug-likeness (QED) is 0.620. The average molecular weight is 390 g/mol. The highest BCUT2D eigenvalue weighted by Crippen LogP contribution is 2.20. The van der Waals surface area contributed by atoms with Gasteiger partial charge in [0.2, 0.25) is 5.91 Å². The van der Waals surface area contributed by atoms with Crippen LogP contribution in [-0.2, 0) is 19.7 Å². The molecule has 9 nitrogen and oxygen atoms in total. The highest BCUT2D eigenvalue weighted by molar-refractivity contribution is 7.86. The molecular weight excluding hydrogens is 358 g/mol. The number of piperazine rings is 2. The summed E-state index contributed by atoms with van der Waals surface area (Å²) < 4.78 is 34.0. The summed E-state index contributed by atoms with van der Waals surface area (Å²) in [6.45, 7) is 5.33. The van der Waals surface area contributed by atoms with Crippen molar-refractivity contribution in [2.24, 2.45) is 11.7 Å². The molecule has 1 atom stereocenters. The summed E-state index contributed by atoms with van der Waals surface area (Å²) in [5, 5.41) is 0. The molecule has 10 heteroatoms. The van der Waals surface area contributed by atoms with Crippen LogP contribution in [0.3, 0.4) is 0 Å². The molecule has 3 heterocycles. The Morgan fingerprint density at radius 2 is 1.46 bits per heavy atom. The second-order valence-electron chi connectivity index (χ2n) is 7.41. The molecule has 150 valence electrons. The van der Waals surface area contributed by atoms with E-state index in [1.807, 2.05) is 7.05 Å². The van der Waals surface area contributed by atoms with Gasteiger partial charge in [0.15, 0.2) is 0 Å². The van der Waals surface area contributed by atoms with E-state index in [0.717, 1.165) is 25.9 Å². The van der Waals surface area contributed by atoms with Gasteiger partial charge in [-0.25, -0.2) is 0 Å². The van der Waals surface area contributed by atoms with Crippen LogP contribution in [-0.4, -0.2) is 111 Å². The minimum absolute atomic E-state index is 0.0615. The minimum atomic E-state index is -3.44. The van der Waals surface area contributed by atoms with E-state index in [4.69, 9.17) is 10.5 Å². The number of nitrogens with zero attached hydrogens (tertiary/aromatic N) is 4. The van der Waals surface area contributed by atoms with Crippen LogP contribution in [0.25, 0.3) is 0 Å². The predicted molar refractivity (Wildman–Crippen MR) is 97.7 cm³/mol. The molecule has 0 aromatic heterocycles. The second-order valence-corrected chi connectivity index (χ2v) is 9.34. The molecular formula is C16H31N5O4S. The molecule has 1 unspecified atom stereocenters. The first-order valence-electron chi connectivity index (χ1n) is 9.45. The number of hydrogen-bond donors (Lipinski definition) is 1. The molecule has 2 N–H and O–H groups in total. The van der Waals surface area contributed by atoms with Gasteiger partial charge in [0, 0.05) is 65.6 Å². The van der Waals surface area contributed by atoms with Crippen LogP contribution in [0.1, 0.15) is 12.8 Å². The van der Waals surface area contributed by atoms with Gasteiger partial charge in [0.1, 0.15) is 0 Å². The number of likely N-dealkylation sites (N-methyl/N-ethyl adjacent to an activating group) is 1. The zero-order chi connectivity index (χ0) is 18.7. The third kappa shape index (κ3) is 4.37. The van der Waals surface area contributed by atoms with Gasteiger partial charge in [0.25, 0.3) is 10.2 Å². The molecule has 3 aliphatic rings. The van der Waals surface area contributed by atoms with Gasteiger partial charge < -0.3 is 20.3 Å². The monoisotopic (exact) mass is 389 g/mol. The number of amides is 1. The first kappa shape index (κ1) is 20.0. The molecule has 26 heavy (non-hydrogen) atoms. The smallest absolute Gasteiger partial charge is 0.282 e. The molecule has 0 spiro atoms. The van der Waals surface area contributed by atoms with Gasteiger partial charge >= 0.3 is 0 Å². The molecule has 1 amide bonds. The van der Waals surface area contributed by atoms with E-state index in [1.165, 1.54) is 4.31 Å². The summed E-state index contributed by atoms with van der Waals surface area (Å²) in [6, 6.07) is -0.514. The Hall–Kier alpha value is -0.780. The molecule has 0 bridgehead atoms. The summed E-state index contributed by atoms with van der Waals surface area (Å²) in [7, 11) is -1.45. The molecule has 0 radical (unpaired) electrons. The maximum Gasteiger partial charge on any atom is 0.282 e. The van der Waals surface area contributed by atoms with Crippen molar-refractivity contribution in [3.8, 4) is 0 Å². The Morgan fingerprint density at radius 3 is 2.00 bits per heavy atom. The van der Waals surface area contributed by atoms with Crippen LogP contribution >= 0.6 is 0 Å². The van der Waals surface area contributed by atoms with Crippen molar-refractivity contribution in [1.82, 2.24) is 18.4 Å². The van der Waals surface area contributed by atoms with Crippen molar-refractivity contribution < 1.29 is 17.9 Å². The van der Waals surface area contributed by atoms with Crippen molar-refractivity contribution in [1.29, 1.82) is 0 Å². The summed E-state index contributed by atoms with van der Waals surface area (Å²) in [4.78, 5) is 16.5. The van der Waals surface area contributed by atoms with E-state index < -0.39 is 16.3 Å². The lowest BCUT2D eigenvalue weighted by Gasteiger charge is -2.40. The Bertz CT molecular complexity index is 579. The van der Waals surface area contributed by atoms with Gasteiger partial charge in [-0.15, -0.1) is 0 Å². The lowest BCUT2D eigenvalue weighted by molar-refractivity contribution is -0.135. The van der Waals surface area contributed by atoms with E-state index >= 15 is 0 Å². The Morgan fingerprint density at radius 1 is 0.962 bits per heavy atom. The standard InChI is InChI=1S/C16H31N5O4S/c1-18-4-8-20(9-5-18)26(23,24)21-10-6-19(7-11-21)16(22)15(17)14-2-12-25-13-3-14/h14-15H,2-13,17H2,1H3. The zero-order valence-corrected chi connectivity index (χ0v) is 16.4. The van der Waals surface area contributed by atoms with Crippen LogP contribution in [0.4, 0.5) is 0 Å². The maximum absolute atomic E-state index is 12.8. The molecule has 0 saturated carbocycles. The molecule has 0 aromatic carbocycles. The summed E-state index contributed by atoms with van der Waals surface area (Å²) >= 11 is 0. The summed E-state index contributed by atoms with van der Waals surface area (Å²) in [5.74, 6) is 0.0943. The molecule has 3 aliphatic heterocycles. The van der Waals surface area contributed by atoms with E-state index in [9.17, 15) is 13.2 Å². The van der Waals surface area contributed by atoms with Crippen LogP contribution in [0.5, 0.6) is 0 Å². The predicted octanol–water partition coefficient (Wildman–Crippen LogP) is -1.62. The first-order valence-corrected chi connectivity index (χ1v) is 10.8. The fourth-order valence-corrected chi connectivity index (χ4v) is 5.38. The third-order valence-corrected chi connectivity index (χ3v) is 7.76. The minimum Gasteiger partial charge on any atom is -0.381 e. The van der Waals surface area contributed by atoms with E-state index in [-0.39, 0.29) is 11.8 Å². The van der Waals surface area contributed by atoms with Gasteiger partial charge in [-0.2, -0.15) is 17.0 Å². The van der Waals surface area contributed by atoms with Crippen LogP contribution < -0.4 is 5.73 Å². The van der Waals surface area contributed by atoms with Crippen molar-refractivity contribution in [3.63, 3.8) is 0 Å². The number of nitrogens with two attached hydrogens (primary N) is 1. The summed E-state index contributed by atoms with van der Waals surface area (Å²) in [5.41, 5.74) is 6.18. The fraction of sp³-hybridized carbons (Fsp3) is 0.938. The van der Waals surface area contributed by atoms with Crippen LogP contribution in [0.15, 0.2) is 0 Å². The van der Waals surface area contributed by atoms with Crippen molar-refractivity contribution >= 4 is 16.1 Å². The normalized spacial score (nSPS) is 26.8. The fourth-order valence-electron chi connectivity index (χ4n) is 3.81. The van der Waals surface area contributed by atoms with Crippen LogP contribution in [0.2, 0.25) is 0 Å². The lowest BCUT2D eigenvalue weighted by Crippen LogP contribution is -2.59. The largest absolute Gasteiger partial charge is 0.381 e. The van der Waals surface area contributed by atoms with E-state index in [1.54, 1.807) is 9.21 Å². The highest BCUT2D eigenvalue weighted by atomic mass is 32.2. The third-order valence-electron chi connectivity index (χ3n) is 5.72. The molecule has 0 aromatic rings. The van der Waals surface area contributed by atoms with Crippen LogP contribution in [0, 0.1) is 5.92 Å². The number of ether oxygens (including phenoxy) is 1. The van der Waals surface area contributed by atoms with Gasteiger partial charge in [-0.1, -0.05) is 0 Å². The topological polar surface area (TPSA) is 99.4 Å². The SMILES string of the molecule is CN1CCN(S(=O)(=O)N2CCN(C(=O)C(N)C3CCOCC3)CC2)CC1. The van der Waals surface area contributed by atoms with Crippen molar-refractivity contribution in [2.75, 3.05) is 72.6 Å². The van der Waals surface area contributed by atoms with Gasteiger partial charge in [-0.3, -0.25) is 4.79 Å². The number of carbonyl (C=O) groups is 1. The Balaban J connectivity index is 1.52. The van der Waals surface area contributed by atoms with E-state index in [0.29, 0.717) is 52.5 Å². The van der Waals surface area contributed by atoms with E-state index in [2.05, 4.69) is 4.90 Å². The zero-order valence-electron chi connectivity index (χ0n) is 15.5. The molecule has 0 aliphatic carbocycles. The van der Waals surface area contributed by atoms with Gasteiger partial charge in [0.05, 0.1) is 6.04 Å². The molecule has 3 rings (SSSR count). The average Bonchev–Trinajstić information content (AvgIpc) is 2.68. The maximum atomic E-state index is 12.8. The van der Waals surface area contributed by atoms with Crippen molar-refractivity contribution in [2.45, 2.75) is 18.9 Å². The summed E-state index contributed by atoms with van der Waals surface area (Å²) in [6.07, 6.45) is 1.62. The molecule has 3 saturated heterocycles. The number of rotatable bonds is 4. The highest BCUT2D eigenvalue weighted by Gasteiger charge is 2.36. The lowest BCUT2D eigenvalue weighted by atomic mass is 9.91. The Labute approximate surface area is 156 Å². The first-order chi connectivity index (χ1) is 12.4. The Kier molecular flexibility index (Phi) is 6.52. The molecule has 3 fully saturated rings.